The van der Waals surface area contributed by atoms with Crippen LogP contribution >= 0.6 is 11.8 Å². The molecule has 0 atom stereocenters. The molecule has 0 radical (unpaired) electrons. The van der Waals surface area contributed by atoms with Gasteiger partial charge in [-0.1, -0.05) is 36.4 Å². The van der Waals surface area contributed by atoms with E-state index in [4.69, 9.17) is 0 Å². The van der Waals surface area contributed by atoms with E-state index in [0.717, 1.165) is 24.1 Å². The average Bonchev–Trinajstić information content (AvgIpc) is 2.99. The largest absolute Gasteiger partial charge is 0.338 e. The van der Waals surface area contributed by atoms with Crippen LogP contribution in [0.15, 0.2) is 60.7 Å². The van der Waals surface area contributed by atoms with E-state index in [0.29, 0.717) is 18.8 Å². The molecule has 0 saturated carbocycles. The SMILES string of the molecule is O=C(c1ccccc1)N1CCC2(CC1)SCC(=O)N2c1ccccc1. The van der Waals surface area contributed by atoms with E-state index in [2.05, 4.69) is 0 Å². The van der Waals surface area contributed by atoms with Gasteiger partial charge in [-0.15, -0.1) is 11.8 Å². The summed E-state index contributed by atoms with van der Waals surface area (Å²) in [7, 11) is 0. The van der Waals surface area contributed by atoms with Gasteiger partial charge in [-0.05, 0) is 37.1 Å². The van der Waals surface area contributed by atoms with Gasteiger partial charge in [0.2, 0.25) is 5.91 Å². The highest BCUT2D eigenvalue weighted by molar-refractivity contribution is 8.02. The van der Waals surface area contributed by atoms with Crippen LogP contribution in [-0.2, 0) is 4.79 Å². The zero-order valence-electron chi connectivity index (χ0n) is 13.9. The topological polar surface area (TPSA) is 40.6 Å². The van der Waals surface area contributed by atoms with Gasteiger partial charge in [0.25, 0.3) is 5.91 Å². The molecule has 0 N–H and O–H groups in total. The predicted molar refractivity (Wildman–Crippen MR) is 101 cm³/mol. The number of amides is 2. The van der Waals surface area contributed by atoms with Gasteiger partial charge < -0.3 is 4.90 Å². The number of anilines is 1. The highest BCUT2D eigenvalue weighted by atomic mass is 32.2. The van der Waals surface area contributed by atoms with E-state index >= 15 is 0 Å². The Morgan fingerprint density at radius 2 is 1.52 bits per heavy atom. The Morgan fingerprint density at radius 3 is 2.16 bits per heavy atom. The van der Waals surface area contributed by atoms with Crippen LogP contribution in [0.3, 0.4) is 0 Å². The standard InChI is InChI=1S/C20H20N2O2S/c23-18-15-25-20(22(18)17-9-5-2-6-10-17)11-13-21(14-12-20)19(24)16-7-3-1-4-8-16/h1-10H,11-15H2. The highest BCUT2D eigenvalue weighted by Crippen LogP contribution is 2.46. The molecule has 2 fully saturated rings. The number of benzene rings is 2. The van der Waals surface area contributed by atoms with Crippen LogP contribution < -0.4 is 4.90 Å². The number of nitrogens with zero attached hydrogens (tertiary/aromatic N) is 2. The summed E-state index contributed by atoms with van der Waals surface area (Å²) in [4.78, 5) is 28.8. The summed E-state index contributed by atoms with van der Waals surface area (Å²) in [6.07, 6.45) is 1.60. The van der Waals surface area contributed by atoms with Crippen molar-refractivity contribution in [1.29, 1.82) is 0 Å². The van der Waals surface area contributed by atoms with Gasteiger partial charge in [-0.3, -0.25) is 14.5 Å². The van der Waals surface area contributed by atoms with Gasteiger partial charge in [0, 0.05) is 24.3 Å². The lowest BCUT2D eigenvalue weighted by atomic mass is 10.00. The summed E-state index contributed by atoms with van der Waals surface area (Å²) in [6, 6.07) is 19.3. The molecular weight excluding hydrogens is 332 g/mol. The van der Waals surface area contributed by atoms with Gasteiger partial charge in [-0.25, -0.2) is 0 Å². The molecule has 4 nitrogen and oxygen atoms in total. The molecule has 1 spiro atoms. The van der Waals surface area contributed by atoms with Crippen molar-refractivity contribution in [3.05, 3.63) is 66.2 Å². The molecule has 128 valence electrons. The van der Waals surface area contributed by atoms with Gasteiger partial charge in [-0.2, -0.15) is 0 Å². The molecule has 2 aromatic rings. The summed E-state index contributed by atoms with van der Waals surface area (Å²) >= 11 is 1.72. The maximum Gasteiger partial charge on any atom is 0.253 e. The average molecular weight is 352 g/mol. The first kappa shape index (κ1) is 16.2. The fourth-order valence-electron chi connectivity index (χ4n) is 3.70. The minimum Gasteiger partial charge on any atom is -0.338 e. The summed E-state index contributed by atoms with van der Waals surface area (Å²) < 4.78 is 0. The van der Waals surface area contributed by atoms with Gasteiger partial charge in [0.1, 0.15) is 0 Å². The van der Waals surface area contributed by atoms with E-state index in [1.54, 1.807) is 11.8 Å². The van der Waals surface area contributed by atoms with Crippen molar-refractivity contribution in [3.8, 4) is 0 Å². The number of piperidine rings is 1. The molecule has 0 bridgehead atoms. The molecule has 2 aliphatic heterocycles. The van der Waals surface area contributed by atoms with Crippen molar-refractivity contribution in [2.24, 2.45) is 0 Å². The number of rotatable bonds is 2. The third-order valence-electron chi connectivity index (χ3n) is 4.99. The molecule has 0 unspecified atom stereocenters. The predicted octanol–water partition coefficient (Wildman–Crippen LogP) is 3.40. The Labute approximate surface area is 151 Å². The summed E-state index contributed by atoms with van der Waals surface area (Å²) in [5.74, 6) is 0.761. The third-order valence-corrected chi connectivity index (χ3v) is 6.51. The Hall–Kier alpha value is -2.27. The van der Waals surface area contributed by atoms with Crippen LogP contribution in [-0.4, -0.2) is 40.4 Å². The molecule has 5 heteroatoms. The second-order valence-electron chi connectivity index (χ2n) is 6.46. The van der Waals surface area contributed by atoms with Gasteiger partial charge in [0.15, 0.2) is 0 Å². The molecule has 0 aromatic heterocycles. The molecule has 0 aliphatic carbocycles. The van der Waals surface area contributed by atoms with E-state index in [1.807, 2.05) is 70.5 Å². The Bertz CT molecular complexity index is 771. The highest BCUT2D eigenvalue weighted by Gasteiger charge is 2.49. The monoisotopic (exact) mass is 352 g/mol. The quantitative estimate of drug-likeness (QED) is 0.832. The summed E-state index contributed by atoms with van der Waals surface area (Å²) in [6.45, 7) is 1.36. The number of hydrogen-bond donors (Lipinski definition) is 0. The van der Waals surface area contributed by atoms with Crippen molar-refractivity contribution in [2.45, 2.75) is 17.7 Å². The molecule has 2 heterocycles. The third kappa shape index (κ3) is 2.93. The van der Waals surface area contributed by atoms with Crippen molar-refractivity contribution in [1.82, 2.24) is 4.90 Å². The maximum atomic E-state index is 12.7. The molecular formula is C20H20N2O2S. The zero-order valence-corrected chi connectivity index (χ0v) is 14.7. The van der Waals surface area contributed by atoms with Crippen molar-refractivity contribution in [2.75, 3.05) is 23.7 Å². The van der Waals surface area contributed by atoms with Gasteiger partial charge in [0.05, 0.1) is 10.6 Å². The van der Waals surface area contributed by atoms with E-state index in [9.17, 15) is 9.59 Å². The number of carbonyl (C=O) groups excluding carboxylic acids is 2. The second kappa shape index (κ2) is 6.56. The number of hydrogen-bond acceptors (Lipinski definition) is 3. The number of likely N-dealkylation sites (tertiary alicyclic amines) is 1. The minimum atomic E-state index is -0.216. The van der Waals surface area contributed by atoms with Crippen LogP contribution in [0.5, 0.6) is 0 Å². The number of carbonyl (C=O) groups is 2. The summed E-state index contributed by atoms with van der Waals surface area (Å²) in [5.41, 5.74) is 1.69. The lowest BCUT2D eigenvalue weighted by Crippen LogP contribution is -2.53. The molecule has 4 rings (SSSR count). The van der Waals surface area contributed by atoms with Gasteiger partial charge >= 0.3 is 0 Å². The van der Waals surface area contributed by atoms with E-state index < -0.39 is 0 Å². The lowest BCUT2D eigenvalue weighted by molar-refractivity contribution is -0.116. The molecule has 2 aliphatic rings. The van der Waals surface area contributed by atoms with Crippen molar-refractivity contribution in [3.63, 3.8) is 0 Å². The summed E-state index contributed by atoms with van der Waals surface area (Å²) in [5, 5.41) is 0. The number of thioether (sulfide) groups is 1. The second-order valence-corrected chi connectivity index (χ2v) is 7.80. The first-order chi connectivity index (χ1) is 12.2. The molecule has 2 saturated heterocycles. The fraction of sp³-hybridized carbons (Fsp3) is 0.300. The Balaban J connectivity index is 1.52. The van der Waals surface area contributed by atoms with E-state index in [1.165, 1.54) is 0 Å². The first-order valence-electron chi connectivity index (χ1n) is 8.56. The minimum absolute atomic E-state index is 0.0797. The van der Waals surface area contributed by atoms with Crippen molar-refractivity contribution < 1.29 is 9.59 Å². The first-order valence-corrected chi connectivity index (χ1v) is 9.55. The number of para-hydroxylation sites is 1. The lowest BCUT2D eigenvalue weighted by Gasteiger charge is -2.44. The van der Waals surface area contributed by atoms with E-state index in [-0.39, 0.29) is 16.7 Å². The van der Waals surface area contributed by atoms with Crippen LogP contribution in [0.25, 0.3) is 0 Å². The zero-order chi connectivity index (χ0) is 17.3. The maximum absolute atomic E-state index is 12.7. The fourth-order valence-corrected chi connectivity index (χ4v) is 5.03. The van der Waals surface area contributed by atoms with Crippen molar-refractivity contribution >= 4 is 29.3 Å². The Morgan fingerprint density at radius 1 is 0.920 bits per heavy atom. The van der Waals surface area contributed by atoms with Crippen LogP contribution in [0.2, 0.25) is 0 Å². The van der Waals surface area contributed by atoms with Crippen LogP contribution in [0.4, 0.5) is 5.69 Å². The van der Waals surface area contributed by atoms with Crippen LogP contribution in [0, 0.1) is 0 Å². The molecule has 2 amide bonds. The molecule has 25 heavy (non-hydrogen) atoms. The normalized spacial score (nSPS) is 19.4. The smallest absolute Gasteiger partial charge is 0.253 e. The molecule has 2 aromatic carbocycles. The van der Waals surface area contributed by atoms with Crippen LogP contribution in [0.1, 0.15) is 23.2 Å². The Kier molecular flexibility index (Phi) is 4.25.